The summed E-state index contributed by atoms with van der Waals surface area (Å²) < 4.78 is 10.6. The van der Waals surface area contributed by atoms with Crippen LogP contribution in [0.2, 0.25) is 0 Å². The molecule has 0 bridgehead atoms. The molecule has 1 amide bonds. The van der Waals surface area contributed by atoms with Crippen molar-refractivity contribution < 1.29 is 14.3 Å². The second kappa shape index (κ2) is 10.4. The number of benzene rings is 7. The predicted octanol–water partition coefficient (Wildman–Crippen LogP) is 10.3. The molecule has 1 N–H and O–H groups in total. The lowest BCUT2D eigenvalue weighted by Crippen LogP contribution is -2.27. The van der Waals surface area contributed by atoms with Crippen molar-refractivity contribution in [1.29, 1.82) is 5.26 Å². The zero-order valence-electron chi connectivity index (χ0n) is 27.5. The smallest absolute Gasteiger partial charge is 0.261 e. The highest BCUT2D eigenvalue weighted by molar-refractivity contribution is 6.19. The molecule has 7 aromatic carbocycles. The van der Waals surface area contributed by atoms with E-state index in [1.165, 1.54) is 4.90 Å². The maximum atomic E-state index is 13.4. The third kappa shape index (κ3) is 3.79. The van der Waals surface area contributed by atoms with E-state index in [-0.39, 0.29) is 5.91 Å². The second-order valence-corrected chi connectivity index (χ2v) is 13.3. The van der Waals surface area contributed by atoms with E-state index in [0.717, 1.165) is 71.2 Å². The Morgan fingerprint density at radius 3 is 1.96 bits per heavy atom. The molecule has 52 heavy (non-hydrogen) atoms. The van der Waals surface area contributed by atoms with Crippen LogP contribution in [0.15, 0.2) is 150 Å². The van der Waals surface area contributed by atoms with Crippen LogP contribution in [0.1, 0.15) is 27.7 Å². The van der Waals surface area contributed by atoms with Crippen LogP contribution in [0.4, 0.5) is 5.69 Å². The number of carbonyl (C=O) groups excluding carboxylic acids is 1. The van der Waals surface area contributed by atoms with Crippen molar-refractivity contribution >= 4 is 77.1 Å². The number of aliphatic hydroxyl groups excluding tert-OH is 1. The van der Waals surface area contributed by atoms with E-state index in [0.29, 0.717) is 28.1 Å². The SMILES string of the molecule is N#Cc1cc(N2C(=O)c3ccccc3C2O)ccc1-n1c2ccccc2c2cc3c4ccccc4n(-c4ccc5oc6ccccc6c5c4)c3cc21. The number of nitriles is 1. The van der Waals surface area contributed by atoms with Gasteiger partial charge >= 0.3 is 0 Å². The van der Waals surface area contributed by atoms with Crippen LogP contribution in [-0.4, -0.2) is 20.1 Å². The van der Waals surface area contributed by atoms with E-state index in [2.05, 4.69) is 81.9 Å². The summed E-state index contributed by atoms with van der Waals surface area (Å²) >= 11 is 0. The zero-order valence-corrected chi connectivity index (χ0v) is 27.5. The molecule has 0 saturated carbocycles. The molecule has 1 atom stereocenters. The van der Waals surface area contributed by atoms with Gasteiger partial charge in [-0.15, -0.1) is 0 Å². The Balaban J connectivity index is 1.17. The van der Waals surface area contributed by atoms with Crippen LogP contribution in [-0.2, 0) is 0 Å². The number of anilines is 1. The van der Waals surface area contributed by atoms with Gasteiger partial charge in [0.15, 0.2) is 6.23 Å². The summed E-state index contributed by atoms with van der Waals surface area (Å²) in [5, 5.41) is 28.3. The minimum atomic E-state index is -1.14. The fourth-order valence-electron chi connectivity index (χ4n) is 8.34. The van der Waals surface area contributed by atoms with E-state index in [4.69, 9.17) is 4.42 Å². The molecule has 1 aliphatic rings. The van der Waals surface area contributed by atoms with Crippen LogP contribution in [0.25, 0.3) is 76.9 Å². The van der Waals surface area contributed by atoms with E-state index >= 15 is 0 Å². The topological polar surface area (TPSA) is 87.3 Å². The zero-order chi connectivity index (χ0) is 34.7. The van der Waals surface area contributed by atoms with Gasteiger partial charge in [0.2, 0.25) is 0 Å². The fourth-order valence-corrected chi connectivity index (χ4v) is 8.34. The van der Waals surface area contributed by atoms with Crippen molar-refractivity contribution in [2.45, 2.75) is 6.23 Å². The molecular formula is C45H26N4O3. The van der Waals surface area contributed by atoms with Gasteiger partial charge in [0.1, 0.15) is 17.2 Å². The lowest BCUT2D eigenvalue weighted by molar-refractivity contribution is 0.0935. The molecule has 0 fully saturated rings. The summed E-state index contributed by atoms with van der Waals surface area (Å²) in [6, 6.07) is 50.5. The third-order valence-electron chi connectivity index (χ3n) is 10.6. The number of aliphatic hydroxyl groups is 1. The first kappa shape index (κ1) is 28.7. The average molecular weight is 671 g/mol. The molecule has 7 nitrogen and oxygen atoms in total. The van der Waals surface area contributed by atoms with Crippen LogP contribution < -0.4 is 4.90 Å². The van der Waals surface area contributed by atoms with Gasteiger partial charge in [-0.2, -0.15) is 5.26 Å². The molecule has 3 aromatic heterocycles. The molecule has 10 aromatic rings. The van der Waals surface area contributed by atoms with Gasteiger partial charge in [0.05, 0.1) is 33.3 Å². The van der Waals surface area contributed by atoms with Gasteiger partial charge in [0, 0.05) is 54.8 Å². The van der Waals surface area contributed by atoms with E-state index in [1.807, 2.05) is 48.5 Å². The van der Waals surface area contributed by atoms with Gasteiger partial charge in [-0.05, 0) is 72.8 Å². The summed E-state index contributed by atoms with van der Waals surface area (Å²) in [5.74, 6) is -0.298. The van der Waals surface area contributed by atoms with Gasteiger partial charge in [-0.25, -0.2) is 0 Å². The van der Waals surface area contributed by atoms with Crippen molar-refractivity contribution in [2.24, 2.45) is 0 Å². The van der Waals surface area contributed by atoms with Crippen LogP contribution >= 0.6 is 0 Å². The summed E-state index contributed by atoms with van der Waals surface area (Å²) in [5.41, 5.74) is 9.28. The summed E-state index contributed by atoms with van der Waals surface area (Å²) in [4.78, 5) is 14.8. The monoisotopic (exact) mass is 670 g/mol. The lowest BCUT2D eigenvalue weighted by atomic mass is 10.1. The van der Waals surface area contributed by atoms with Gasteiger partial charge in [-0.1, -0.05) is 72.8 Å². The highest BCUT2D eigenvalue weighted by Gasteiger charge is 2.36. The number of aromatic nitrogens is 2. The maximum Gasteiger partial charge on any atom is 0.261 e. The first-order valence-corrected chi connectivity index (χ1v) is 17.1. The Hall–Kier alpha value is -7.14. The molecule has 0 radical (unpaired) electrons. The van der Waals surface area contributed by atoms with Crippen molar-refractivity contribution in [3.63, 3.8) is 0 Å². The summed E-state index contributed by atoms with van der Waals surface area (Å²) in [6.45, 7) is 0. The lowest BCUT2D eigenvalue weighted by Gasteiger charge is -2.22. The molecule has 4 heterocycles. The standard InChI is InChI=1S/C45H26N4O3/c46-25-26-21-27(48-44(50)32-12-1-2-13-33(32)45(48)51)17-19-37(26)49-39-15-7-4-10-30(39)35-23-34-29-9-3-6-14-38(29)47(40(34)24-41(35)49)28-18-20-43-36(22-28)31-11-5-8-16-42(31)52-43/h1-24,44,50H. The van der Waals surface area contributed by atoms with Crippen LogP contribution in [0, 0.1) is 11.3 Å². The average Bonchev–Trinajstić information content (AvgIpc) is 3.90. The Bertz CT molecular complexity index is 3210. The molecule has 0 saturated heterocycles. The molecule has 0 spiro atoms. The molecule has 244 valence electrons. The largest absolute Gasteiger partial charge is 0.456 e. The fraction of sp³-hybridized carbons (Fsp3) is 0.0222. The van der Waals surface area contributed by atoms with Crippen molar-refractivity contribution in [1.82, 2.24) is 9.13 Å². The number of amides is 1. The Morgan fingerprint density at radius 1 is 0.558 bits per heavy atom. The number of furan rings is 1. The number of nitrogens with zero attached hydrogens (tertiary/aromatic N) is 4. The minimum absolute atomic E-state index is 0.298. The normalized spacial score (nSPS) is 14.4. The van der Waals surface area contributed by atoms with Gasteiger partial charge < -0.3 is 18.7 Å². The van der Waals surface area contributed by atoms with Gasteiger partial charge in [-0.3, -0.25) is 9.69 Å². The Kier molecular flexibility index (Phi) is 5.76. The predicted molar refractivity (Wildman–Crippen MR) is 205 cm³/mol. The number of para-hydroxylation sites is 3. The Labute approximate surface area is 296 Å². The number of carbonyl (C=O) groups is 1. The van der Waals surface area contributed by atoms with Crippen LogP contribution in [0.5, 0.6) is 0 Å². The highest BCUT2D eigenvalue weighted by atomic mass is 16.3. The van der Waals surface area contributed by atoms with Crippen molar-refractivity contribution in [2.75, 3.05) is 4.90 Å². The number of fused-ring (bicyclic) bond motifs is 10. The number of rotatable bonds is 3. The van der Waals surface area contributed by atoms with Crippen molar-refractivity contribution in [3.8, 4) is 17.4 Å². The van der Waals surface area contributed by atoms with E-state index in [9.17, 15) is 15.2 Å². The molecule has 11 rings (SSSR count). The number of hydrogen-bond acceptors (Lipinski definition) is 4. The summed E-state index contributed by atoms with van der Waals surface area (Å²) in [6.07, 6.45) is -1.14. The minimum Gasteiger partial charge on any atom is -0.456 e. The second-order valence-electron chi connectivity index (χ2n) is 13.3. The molecule has 1 unspecified atom stereocenters. The highest BCUT2D eigenvalue weighted by Crippen LogP contribution is 2.42. The first-order valence-electron chi connectivity index (χ1n) is 17.1. The summed E-state index contributed by atoms with van der Waals surface area (Å²) in [7, 11) is 0. The molecule has 7 heteroatoms. The van der Waals surface area contributed by atoms with Gasteiger partial charge in [0.25, 0.3) is 5.91 Å². The third-order valence-corrected chi connectivity index (χ3v) is 10.6. The number of hydrogen-bond donors (Lipinski definition) is 1. The molecule has 1 aliphatic heterocycles. The van der Waals surface area contributed by atoms with E-state index < -0.39 is 6.23 Å². The molecule has 0 aliphatic carbocycles. The molecular weight excluding hydrogens is 645 g/mol. The van der Waals surface area contributed by atoms with Crippen molar-refractivity contribution in [3.05, 3.63) is 162 Å². The van der Waals surface area contributed by atoms with Crippen LogP contribution in [0.3, 0.4) is 0 Å². The van der Waals surface area contributed by atoms with E-state index in [1.54, 1.807) is 30.3 Å². The quantitative estimate of drug-likeness (QED) is 0.203. The first-order chi connectivity index (χ1) is 25.6. The Morgan fingerprint density at radius 2 is 1.19 bits per heavy atom. The maximum absolute atomic E-state index is 13.4.